The van der Waals surface area contributed by atoms with E-state index in [0.29, 0.717) is 0 Å². The number of aromatic hydroxyl groups is 1. The van der Waals surface area contributed by atoms with Crippen molar-refractivity contribution in [3.05, 3.63) is 35.7 Å². The van der Waals surface area contributed by atoms with E-state index in [9.17, 15) is 14.5 Å². The lowest BCUT2D eigenvalue weighted by atomic mass is 10.1. The van der Waals surface area contributed by atoms with Crippen molar-refractivity contribution in [2.75, 3.05) is 0 Å². The number of aliphatic carboxylic acids is 1. The third-order valence-corrected chi connectivity index (χ3v) is 3.18. The number of carboxylic acids is 1. The molecule has 1 heterocycles. The van der Waals surface area contributed by atoms with E-state index in [0.717, 1.165) is 6.08 Å². The number of nitrogens with two attached hydrogens (primary N) is 1. The maximum atomic E-state index is 11.0. The number of rotatable bonds is 7. The van der Waals surface area contributed by atoms with Crippen molar-refractivity contribution in [1.29, 1.82) is 0 Å². The van der Waals surface area contributed by atoms with Crippen molar-refractivity contribution in [3.8, 4) is 5.75 Å². The van der Waals surface area contributed by atoms with Crippen LogP contribution in [0.4, 0.5) is 0 Å². The second-order valence-electron chi connectivity index (χ2n) is 4.39. The van der Waals surface area contributed by atoms with E-state index in [1.165, 1.54) is 13.1 Å². The van der Waals surface area contributed by atoms with Crippen LogP contribution in [0, 0.1) is 6.92 Å². The Bertz CT molecular complexity index is 698. The predicted octanol–water partition coefficient (Wildman–Crippen LogP) is 0.0494. The molecule has 126 valence electrons. The van der Waals surface area contributed by atoms with Crippen LogP contribution in [-0.2, 0) is 20.5 Å². The molecule has 11 heteroatoms. The summed E-state index contributed by atoms with van der Waals surface area (Å²) in [7, 11) is -4.76. The van der Waals surface area contributed by atoms with Gasteiger partial charge < -0.3 is 25.7 Å². The molecule has 1 aromatic heterocycles. The van der Waals surface area contributed by atoms with Crippen molar-refractivity contribution in [3.63, 3.8) is 0 Å². The van der Waals surface area contributed by atoms with Gasteiger partial charge in [0.1, 0.15) is 11.6 Å². The highest BCUT2D eigenvalue weighted by atomic mass is 31.2. The van der Waals surface area contributed by atoms with Crippen LogP contribution in [0.2, 0.25) is 0 Å². The van der Waals surface area contributed by atoms with E-state index in [-0.39, 0.29) is 22.7 Å². The molecule has 0 aromatic carbocycles. The van der Waals surface area contributed by atoms with Gasteiger partial charge in [-0.25, -0.2) is 14.4 Å². The summed E-state index contributed by atoms with van der Waals surface area (Å²) >= 11 is 0. The Kier molecular flexibility index (Phi) is 5.99. The van der Waals surface area contributed by atoms with Crippen LogP contribution >= 0.6 is 7.82 Å². The van der Waals surface area contributed by atoms with Crippen LogP contribution in [0.5, 0.6) is 5.75 Å². The van der Waals surface area contributed by atoms with Gasteiger partial charge in [-0.1, -0.05) is 6.08 Å². The molecule has 0 aliphatic carbocycles. The summed E-state index contributed by atoms with van der Waals surface area (Å²) in [6.07, 6.45) is 2.22. The number of nitrogens with zero attached hydrogens (tertiary/aromatic N) is 2. The van der Waals surface area contributed by atoms with Gasteiger partial charge in [-0.15, -0.1) is 6.58 Å². The molecule has 6 N–H and O–H groups in total. The van der Waals surface area contributed by atoms with Crippen molar-refractivity contribution >= 4 is 19.6 Å². The van der Waals surface area contributed by atoms with Crippen LogP contribution in [0.25, 0.3) is 0 Å². The van der Waals surface area contributed by atoms with Gasteiger partial charge in [0.2, 0.25) is 0 Å². The first-order valence-corrected chi connectivity index (χ1v) is 7.66. The molecule has 0 radical (unpaired) electrons. The summed E-state index contributed by atoms with van der Waals surface area (Å²) < 4.78 is 15.1. The number of aryl methyl sites for hydroxylation is 1. The average molecular weight is 345 g/mol. The standard InChI is InChI=1S/C12H16N3O7P/c1-3-8(12(17)18)15-11(13)9-7(5-22-23(19,20)21)4-14-6(2)10(9)16/h3-4,8,16H,1,5H2,2H3,(H2,13,15)(H,17,18)(H2,19,20,21)/t8-/m0/s1. The van der Waals surface area contributed by atoms with Gasteiger partial charge in [0, 0.05) is 11.8 Å². The smallest absolute Gasteiger partial charge is 0.469 e. The highest BCUT2D eigenvalue weighted by Gasteiger charge is 2.21. The van der Waals surface area contributed by atoms with E-state index < -0.39 is 32.2 Å². The molecule has 1 rings (SSSR count). The normalized spacial score (nSPS) is 13.6. The number of amidine groups is 1. The van der Waals surface area contributed by atoms with E-state index in [2.05, 4.69) is 21.1 Å². The molecular formula is C12H16N3O7P. The van der Waals surface area contributed by atoms with Crippen LogP contribution in [-0.4, -0.2) is 42.8 Å². The van der Waals surface area contributed by atoms with Gasteiger partial charge in [0.25, 0.3) is 0 Å². The van der Waals surface area contributed by atoms with Crippen molar-refractivity contribution in [1.82, 2.24) is 4.98 Å². The number of phosphoric ester groups is 1. The van der Waals surface area contributed by atoms with Gasteiger partial charge in [-0.05, 0) is 6.92 Å². The molecule has 0 fully saturated rings. The number of aromatic nitrogens is 1. The van der Waals surface area contributed by atoms with Crippen LogP contribution in [0.3, 0.4) is 0 Å². The molecule has 0 saturated heterocycles. The van der Waals surface area contributed by atoms with Gasteiger partial charge >= 0.3 is 13.8 Å². The molecule has 0 spiro atoms. The summed E-state index contributed by atoms with van der Waals surface area (Å²) in [5.74, 6) is -2.06. The zero-order valence-electron chi connectivity index (χ0n) is 12.1. The lowest BCUT2D eigenvalue weighted by molar-refractivity contribution is -0.137. The Morgan fingerprint density at radius 2 is 2.22 bits per heavy atom. The fourth-order valence-corrected chi connectivity index (χ4v) is 1.91. The minimum Gasteiger partial charge on any atom is -0.505 e. The second-order valence-corrected chi connectivity index (χ2v) is 5.63. The number of phosphoric acid groups is 1. The zero-order chi connectivity index (χ0) is 17.8. The maximum Gasteiger partial charge on any atom is 0.469 e. The van der Waals surface area contributed by atoms with Gasteiger partial charge in [0.15, 0.2) is 6.04 Å². The molecule has 23 heavy (non-hydrogen) atoms. The predicted molar refractivity (Wildman–Crippen MR) is 79.8 cm³/mol. The molecule has 0 unspecified atom stereocenters. The number of hydrogen-bond acceptors (Lipinski definition) is 6. The highest BCUT2D eigenvalue weighted by molar-refractivity contribution is 7.46. The molecule has 1 aromatic rings. The summed E-state index contributed by atoms with van der Waals surface area (Å²) in [5, 5.41) is 19.0. The zero-order valence-corrected chi connectivity index (χ0v) is 13.0. The van der Waals surface area contributed by atoms with Crippen molar-refractivity contribution in [2.45, 2.75) is 19.6 Å². The molecular weight excluding hydrogens is 329 g/mol. The van der Waals surface area contributed by atoms with Crippen LogP contribution < -0.4 is 5.73 Å². The van der Waals surface area contributed by atoms with Crippen LogP contribution in [0.1, 0.15) is 16.8 Å². The molecule has 0 bridgehead atoms. The van der Waals surface area contributed by atoms with Crippen molar-refractivity contribution in [2.24, 2.45) is 10.7 Å². The lowest BCUT2D eigenvalue weighted by Gasteiger charge is -2.14. The first-order valence-electron chi connectivity index (χ1n) is 6.13. The minimum absolute atomic E-state index is 0.0332. The third kappa shape index (κ3) is 5.15. The number of carbonyl (C=O) groups is 1. The molecule has 10 nitrogen and oxygen atoms in total. The summed E-state index contributed by atoms with van der Waals surface area (Å²) in [4.78, 5) is 36.0. The minimum atomic E-state index is -4.76. The Morgan fingerprint density at radius 1 is 1.61 bits per heavy atom. The number of carboxylic acid groups (broad SMARTS) is 1. The van der Waals surface area contributed by atoms with Crippen LogP contribution in [0.15, 0.2) is 23.8 Å². The summed E-state index contributed by atoms with van der Waals surface area (Å²) in [6.45, 7) is 4.17. The monoisotopic (exact) mass is 345 g/mol. The van der Waals surface area contributed by atoms with Crippen molar-refractivity contribution < 1.29 is 33.9 Å². The number of hydrogen-bond donors (Lipinski definition) is 5. The Labute approximate surface area is 131 Å². The molecule has 1 atom stereocenters. The van der Waals surface area contributed by atoms with E-state index in [4.69, 9.17) is 20.6 Å². The third-order valence-electron chi connectivity index (χ3n) is 2.71. The highest BCUT2D eigenvalue weighted by Crippen LogP contribution is 2.38. The first-order chi connectivity index (χ1) is 10.6. The molecule has 0 amide bonds. The van der Waals surface area contributed by atoms with Gasteiger partial charge in [-0.2, -0.15) is 0 Å². The molecule has 0 saturated carbocycles. The second kappa shape index (κ2) is 7.34. The maximum absolute atomic E-state index is 11.0. The number of pyridine rings is 1. The average Bonchev–Trinajstić information content (AvgIpc) is 2.44. The summed E-state index contributed by atoms with van der Waals surface area (Å²) in [6, 6.07) is -1.35. The SMILES string of the molecule is C=C[C@H](N=C(N)c1c(COP(=O)(O)O)cnc(C)c1O)C(=O)O. The number of aliphatic imine (C=N–C) groups is 1. The summed E-state index contributed by atoms with van der Waals surface area (Å²) in [5.41, 5.74) is 5.81. The fourth-order valence-electron chi connectivity index (χ4n) is 1.61. The van der Waals surface area contributed by atoms with E-state index in [1.54, 1.807) is 0 Å². The molecule has 0 aliphatic heterocycles. The van der Waals surface area contributed by atoms with E-state index >= 15 is 0 Å². The Hall–Kier alpha value is -2.26. The first kappa shape index (κ1) is 18.8. The largest absolute Gasteiger partial charge is 0.505 e. The van der Waals surface area contributed by atoms with Gasteiger partial charge in [-0.3, -0.25) is 9.51 Å². The lowest BCUT2D eigenvalue weighted by Crippen LogP contribution is -2.24. The van der Waals surface area contributed by atoms with E-state index in [1.807, 2.05) is 0 Å². The topological polar surface area (TPSA) is 176 Å². The Balaban J connectivity index is 3.34. The van der Waals surface area contributed by atoms with Gasteiger partial charge in [0.05, 0.1) is 17.9 Å². The Morgan fingerprint density at radius 3 is 2.70 bits per heavy atom. The molecule has 0 aliphatic rings. The fraction of sp³-hybridized carbons (Fsp3) is 0.250. The quantitative estimate of drug-likeness (QED) is 0.198.